The molecule has 1 aliphatic heterocycles. The summed E-state index contributed by atoms with van der Waals surface area (Å²) < 4.78 is 97.2. The van der Waals surface area contributed by atoms with Crippen LogP contribution in [0.5, 0.6) is 11.5 Å². The van der Waals surface area contributed by atoms with E-state index in [1.165, 1.54) is 0 Å². The SMILES string of the molecule is CS(=O)(=O)c1cc2c(c(S(=O)(=O)Nc3ccc(OC(F)(F)F)cc3)c1)OCC(=O)N2. The highest BCUT2D eigenvalue weighted by Gasteiger charge is 2.32. The zero-order valence-electron chi connectivity index (χ0n) is 15.0. The molecule has 0 fully saturated rings. The third kappa shape index (κ3) is 4.94. The molecule has 0 saturated heterocycles. The zero-order valence-corrected chi connectivity index (χ0v) is 16.6. The number of halogens is 3. The average molecular weight is 466 g/mol. The summed E-state index contributed by atoms with van der Waals surface area (Å²) in [6.45, 7) is -0.489. The summed E-state index contributed by atoms with van der Waals surface area (Å²) in [5.41, 5.74) is -0.272. The Kier molecular flexibility index (Phi) is 5.32. The van der Waals surface area contributed by atoms with E-state index >= 15 is 0 Å². The number of rotatable bonds is 5. The van der Waals surface area contributed by atoms with Crippen molar-refractivity contribution in [1.29, 1.82) is 0 Å². The molecular weight excluding hydrogens is 453 g/mol. The predicted molar refractivity (Wildman–Crippen MR) is 97.6 cm³/mol. The summed E-state index contributed by atoms with van der Waals surface area (Å²) in [6.07, 6.45) is -4.06. The molecule has 2 aromatic rings. The van der Waals surface area contributed by atoms with Crippen molar-refractivity contribution in [2.75, 3.05) is 22.9 Å². The molecule has 0 spiro atoms. The minimum absolute atomic E-state index is 0.122. The van der Waals surface area contributed by atoms with E-state index in [4.69, 9.17) is 4.74 Å². The topological polar surface area (TPSA) is 128 Å². The molecule has 1 aliphatic rings. The summed E-state index contributed by atoms with van der Waals surface area (Å²) >= 11 is 0. The average Bonchev–Trinajstić information content (AvgIpc) is 2.60. The number of ether oxygens (including phenoxy) is 2. The van der Waals surface area contributed by atoms with Crippen LogP contribution in [0.3, 0.4) is 0 Å². The molecule has 0 bridgehead atoms. The number of nitrogens with one attached hydrogen (secondary N) is 2. The number of carbonyl (C=O) groups excluding carboxylic acids is 1. The van der Waals surface area contributed by atoms with E-state index in [1.54, 1.807) is 0 Å². The molecule has 3 rings (SSSR count). The number of hydrogen-bond acceptors (Lipinski definition) is 7. The largest absolute Gasteiger partial charge is 0.573 e. The van der Waals surface area contributed by atoms with Crippen LogP contribution in [0, 0.1) is 0 Å². The lowest BCUT2D eigenvalue weighted by Crippen LogP contribution is -2.27. The van der Waals surface area contributed by atoms with Gasteiger partial charge in [0, 0.05) is 11.9 Å². The number of sulfone groups is 1. The normalized spacial score (nSPS) is 14.3. The summed E-state index contributed by atoms with van der Waals surface area (Å²) in [5.74, 6) is -1.44. The highest BCUT2D eigenvalue weighted by molar-refractivity contribution is 7.93. The van der Waals surface area contributed by atoms with Crippen LogP contribution in [-0.4, -0.2) is 42.0 Å². The lowest BCUT2D eigenvalue weighted by atomic mass is 10.2. The van der Waals surface area contributed by atoms with Gasteiger partial charge in [-0.05, 0) is 36.4 Å². The molecule has 0 atom stereocenters. The first-order valence-corrected chi connectivity index (χ1v) is 11.3. The Bertz CT molecular complexity index is 1210. The molecule has 2 N–H and O–H groups in total. The molecule has 2 aromatic carbocycles. The monoisotopic (exact) mass is 466 g/mol. The number of hydrogen-bond donors (Lipinski definition) is 2. The van der Waals surface area contributed by atoms with Crippen molar-refractivity contribution in [2.24, 2.45) is 0 Å². The van der Waals surface area contributed by atoms with Gasteiger partial charge in [-0.15, -0.1) is 13.2 Å². The molecule has 14 heteroatoms. The maximum Gasteiger partial charge on any atom is 0.573 e. The maximum atomic E-state index is 12.8. The standard InChI is InChI=1S/C16H13F3N2O7S2/c1-29(23,24)11-6-12-15(27-8-14(22)20-12)13(7-11)30(25,26)21-9-2-4-10(5-3-9)28-16(17,18)19/h2-7,21H,8H2,1H3,(H,20,22). The highest BCUT2D eigenvalue weighted by Crippen LogP contribution is 2.38. The van der Waals surface area contributed by atoms with Gasteiger partial charge in [0.25, 0.3) is 15.9 Å². The van der Waals surface area contributed by atoms with Crippen LogP contribution in [0.15, 0.2) is 46.2 Å². The minimum atomic E-state index is -4.91. The number of fused-ring (bicyclic) bond motifs is 1. The van der Waals surface area contributed by atoms with E-state index in [0.717, 1.165) is 42.7 Å². The molecule has 0 radical (unpaired) electrons. The Morgan fingerprint density at radius 1 is 1.10 bits per heavy atom. The molecule has 9 nitrogen and oxygen atoms in total. The van der Waals surface area contributed by atoms with Crippen LogP contribution in [0.4, 0.5) is 24.5 Å². The van der Waals surface area contributed by atoms with Crippen LogP contribution in [0.25, 0.3) is 0 Å². The van der Waals surface area contributed by atoms with Crippen molar-refractivity contribution in [1.82, 2.24) is 0 Å². The van der Waals surface area contributed by atoms with Gasteiger partial charge < -0.3 is 14.8 Å². The van der Waals surface area contributed by atoms with Crippen molar-refractivity contribution in [3.05, 3.63) is 36.4 Å². The Labute approximate surface area is 168 Å². The van der Waals surface area contributed by atoms with Gasteiger partial charge in [-0.1, -0.05) is 0 Å². The van der Waals surface area contributed by atoms with E-state index in [0.29, 0.717) is 0 Å². The van der Waals surface area contributed by atoms with Gasteiger partial charge in [-0.25, -0.2) is 16.8 Å². The Morgan fingerprint density at radius 2 is 1.73 bits per heavy atom. The number of sulfonamides is 1. The summed E-state index contributed by atoms with van der Waals surface area (Å²) in [7, 11) is -8.31. The van der Waals surface area contributed by atoms with Gasteiger partial charge in [0.1, 0.15) is 10.6 Å². The zero-order chi connectivity index (χ0) is 22.3. The number of amides is 1. The first-order chi connectivity index (χ1) is 13.7. The molecule has 162 valence electrons. The maximum absolute atomic E-state index is 12.8. The summed E-state index contributed by atoms with van der Waals surface area (Å²) in [5, 5.41) is 2.33. The Hall–Kier alpha value is -3.00. The Morgan fingerprint density at radius 3 is 2.30 bits per heavy atom. The number of benzene rings is 2. The number of anilines is 2. The third-order valence-electron chi connectivity index (χ3n) is 3.71. The van der Waals surface area contributed by atoms with E-state index in [2.05, 4.69) is 14.8 Å². The molecule has 1 amide bonds. The first kappa shape index (κ1) is 21.7. The van der Waals surface area contributed by atoms with Crippen molar-refractivity contribution < 1.29 is 44.3 Å². The lowest BCUT2D eigenvalue weighted by molar-refractivity contribution is -0.274. The molecule has 0 aromatic heterocycles. The van der Waals surface area contributed by atoms with Crippen LogP contribution in [0.2, 0.25) is 0 Å². The summed E-state index contributed by atoms with van der Waals surface area (Å²) in [4.78, 5) is 10.6. The molecule has 1 heterocycles. The van der Waals surface area contributed by atoms with Gasteiger partial charge in [0.15, 0.2) is 22.2 Å². The van der Waals surface area contributed by atoms with Crippen LogP contribution >= 0.6 is 0 Å². The fraction of sp³-hybridized carbons (Fsp3) is 0.188. The van der Waals surface area contributed by atoms with E-state index in [-0.39, 0.29) is 22.0 Å². The molecule has 0 unspecified atom stereocenters. The quantitative estimate of drug-likeness (QED) is 0.691. The second-order valence-electron chi connectivity index (χ2n) is 6.08. The van der Waals surface area contributed by atoms with Gasteiger partial charge in [-0.2, -0.15) is 0 Å². The van der Waals surface area contributed by atoms with Gasteiger partial charge in [0.05, 0.1) is 10.6 Å². The first-order valence-electron chi connectivity index (χ1n) is 7.94. The van der Waals surface area contributed by atoms with Crippen molar-refractivity contribution in [2.45, 2.75) is 16.2 Å². The Balaban J connectivity index is 1.99. The van der Waals surface area contributed by atoms with Crippen LogP contribution in [0.1, 0.15) is 0 Å². The summed E-state index contributed by atoms with van der Waals surface area (Å²) in [6, 6.07) is 5.75. The third-order valence-corrected chi connectivity index (χ3v) is 6.19. The van der Waals surface area contributed by atoms with Gasteiger partial charge in [0.2, 0.25) is 0 Å². The highest BCUT2D eigenvalue weighted by atomic mass is 32.2. The van der Waals surface area contributed by atoms with E-state index in [9.17, 15) is 34.8 Å². The van der Waals surface area contributed by atoms with Crippen LogP contribution < -0.4 is 19.5 Å². The predicted octanol–water partition coefficient (Wildman–Crippen LogP) is 2.12. The number of carbonyl (C=O) groups is 1. The molecule has 0 saturated carbocycles. The smallest absolute Gasteiger partial charge is 0.480 e. The molecular formula is C16H13F3N2O7S2. The van der Waals surface area contributed by atoms with Crippen molar-refractivity contribution in [3.63, 3.8) is 0 Å². The van der Waals surface area contributed by atoms with Crippen molar-refractivity contribution in [3.8, 4) is 11.5 Å². The fourth-order valence-corrected chi connectivity index (χ4v) is 4.48. The van der Waals surface area contributed by atoms with Gasteiger partial charge in [-0.3, -0.25) is 9.52 Å². The van der Waals surface area contributed by atoms with E-state index in [1.807, 2.05) is 0 Å². The van der Waals surface area contributed by atoms with E-state index < -0.39 is 49.4 Å². The minimum Gasteiger partial charge on any atom is -0.480 e. The van der Waals surface area contributed by atoms with Crippen LogP contribution in [-0.2, 0) is 24.7 Å². The number of alkyl halides is 3. The van der Waals surface area contributed by atoms with Crippen molar-refractivity contribution >= 4 is 37.1 Å². The second-order valence-corrected chi connectivity index (χ2v) is 9.75. The molecule has 30 heavy (non-hydrogen) atoms. The van der Waals surface area contributed by atoms with Gasteiger partial charge >= 0.3 is 6.36 Å². The fourth-order valence-electron chi connectivity index (χ4n) is 2.49. The second kappa shape index (κ2) is 7.36. The molecule has 0 aliphatic carbocycles. The lowest BCUT2D eigenvalue weighted by Gasteiger charge is -2.22.